The summed E-state index contributed by atoms with van der Waals surface area (Å²) in [6.45, 7) is 1.87. The van der Waals surface area contributed by atoms with E-state index in [1.54, 1.807) is 18.2 Å². The molecule has 0 aliphatic rings. The number of nitrogens with zero attached hydrogens (tertiary/aromatic N) is 1. The summed E-state index contributed by atoms with van der Waals surface area (Å²) in [6, 6.07) is 10.9. The molecule has 0 unspecified atom stereocenters. The number of nitrogen functional groups attached to an aromatic ring is 1. The number of nitrogens with two attached hydrogens (primary N) is 1. The number of hydrogen-bond acceptors (Lipinski definition) is 3. The molecule has 0 aromatic heterocycles. The first-order valence-electron chi connectivity index (χ1n) is 5.54. The minimum absolute atomic E-state index is 0.412. The quantitative estimate of drug-likeness (QED) is 0.801. The molecule has 96 valence electrons. The maximum absolute atomic E-state index is 9.18. The van der Waals surface area contributed by atoms with E-state index >= 15 is 0 Å². The first kappa shape index (κ1) is 13.5. The highest BCUT2D eigenvalue weighted by Gasteiger charge is 2.11. The van der Waals surface area contributed by atoms with E-state index in [2.05, 4.69) is 11.4 Å². The van der Waals surface area contributed by atoms with Crippen LogP contribution in [0.1, 0.15) is 11.1 Å². The minimum atomic E-state index is 0.412. The van der Waals surface area contributed by atoms with Crippen LogP contribution in [-0.4, -0.2) is 0 Å². The Hall–Kier alpha value is -1.89. The van der Waals surface area contributed by atoms with Gasteiger partial charge in [-0.05, 0) is 30.7 Å². The smallest absolute Gasteiger partial charge is 0.102 e. The number of nitriles is 1. The maximum Gasteiger partial charge on any atom is 0.102 e. The van der Waals surface area contributed by atoms with Gasteiger partial charge in [0.25, 0.3) is 0 Å². The Morgan fingerprint density at radius 3 is 2.42 bits per heavy atom. The van der Waals surface area contributed by atoms with Crippen LogP contribution >= 0.6 is 23.2 Å². The first-order valence-corrected chi connectivity index (χ1v) is 6.29. The monoisotopic (exact) mass is 291 g/mol. The van der Waals surface area contributed by atoms with Gasteiger partial charge >= 0.3 is 0 Å². The van der Waals surface area contributed by atoms with Gasteiger partial charge in [-0.25, -0.2) is 0 Å². The average molecular weight is 292 g/mol. The van der Waals surface area contributed by atoms with Crippen molar-refractivity contribution in [3.8, 4) is 6.07 Å². The number of nitrogens with one attached hydrogen (secondary N) is 1. The van der Waals surface area contributed by atoms with Crippen LogP contribution in [0.3, 0.4) is 0 Å². The molecule has 0 saturated heterocycles. The number of hydrogen-bond donors (Lipinski definition) is 2. The van der Waals surface area contributed by atoms with E-state index in [0.717, 1.165) is 5.56 Å². The minimum Gasteiger partial charge on any atom is -0.399 e. The van der Waals surface area contributed by atoms with Crippen molar-refractivity contribution in [2.45, 2.75) is 6.92 Å². The Balaban J connectivity index is 2.49. The van der Waals surface area contributed by atoms with Gasteiger partial charge in [-0.15, -0.1) is 0 Å². The Labute approximate surface area is 121 Å². The molecule has 0 amide bonds. The number of rotatable bonds is 2. The topological polar surface area (TPSA) is 61.8 Å². The lowest BCUT2D eigenvalue weighted by Gasteiger charge is -2.13. The average Bonchev–Trinajstić information content (AvgIpc) is 2.34. The van der Waals surface area contributed by atoms with Gasteiger partial charge in [0.15, 0.2) is 0 Å². The zero-order chi connectivity index (χ0) is 14.0. The molecular weight excluding hydrogens is 281 g/mol. The summed E-state index contributed by atoms with van der Waals surface area (Å²) in [4.78, 5) is 0. The molecule has 0 bridgehead atoms. The largest absolute Gasteiger partial charge is 0.399 e. The highest BCUT2D eigenvalue weighted by molar-refractivity contribution is 6.39. The second-order valence-corrected chi connectivity index (χ2v) is 4.91. The van der Waals surface area contributed by atoms with Crippen LogP contribution in [0.25, 0.3) is 0 Å². The Kier molecular flexibility index (Phi) is 3.84. The van der Waals surface area contributed by atoms with Crippen LogP contribution in [0, 0.1) is 18.3 Å². The second-order valence-electron chi connectivity index (χ2n) is 4.09. The molecule has 2 aromatic carbocycles. The molecule has 3 nitrogen and oxygen atoms in total. The van der Waals surface area contributed by atoms with Gasteiger partial charge in [0.2, 0.25) is 0 Å². The lowest BCUT2D eigenvalue weighted by Crippen LogP contribution is -1.98. The standard InChI is InChI=1S/C14H11Cl2N3/c1-8-3-2-4-13(10(8)7-17)19-14-11(15)5-9(18)6-12(14)16/h2-6,19H,18H2,1H3. The molecule has 2 rings (SSSR count). The maximum atomic E-state index is 9.18. The molecule has 0 saturated carbocycles. The van der Waals surface area contributed by atoms with Crippen molar-refractivity contribution in [2.75, 3.05) is 11.1 Å². The van der Waals surface area contributed by atoms with Crippen molar-refractivity contribution in [2.24, 2.45) is 0 Å². The fraction of sp³-hybridized carbons (Fsp3) is 0.0714. The third-order valence-electron chi connectivity index (χ3n) is 2.71. The van der Waals surface area contributed by atoms with Gasteiger partial charge in [-0.3, -0.25) is 0 Å². The van der Waals surface area contributed by atoms with E-state index in [-0.39, 0.29) is 0 Å². The van der Waals surface area contributed by atoms with Gasteiger partial charge in [-0.2, -0.15) is 5.26 Å². The molecule has 0 heterocycles. The lowest BCUT2D eigenvalue weighted by molar-refractivity contribution is 1.38. The van der Waals surface area contributed by atoms with E-state index in [1.807, 2.05) is 19.1 Å². The molecule has 0 radical (unpaired) electrons. The summed E-state index contributed by atoms with van der Waals surface area (Å²) in [6.07, 6.45) is 0. The van der Waals surface area contributed by atoms with Gasteiger partial charge in [0.05, 0.1) is 27.0 Å². The zero-order valence-electron chi connectivity index (χ0n) is 10.2. The summed E-state index contributed by atoms with van der Waals surface area (Å²) < 4.78 is 0. The number of benzene rings is 2. The first-order chi connectivity index (χ1) is 9.02. The van der Waals surface area contributed by atoms with E-state index < -0.39 is 0 Å². The zero-order valence-corrected chi connectivity index (χ0v) is 11.7. The second kappa shape index (κ2) is 5.40. The summed E-state index contributed by atoms with van der Waals surface area (Å²) in [5, 5.41) is 13.1. The van der Waals surface area contributed by atoms with Crippen LogP contribution in [-0.2, 0) is 0 Å². The SMILES string of the molecule is Cc1cccc(Nc2c(Cl)cc(N)cc2Cl)c1C#N. The molecular formula is C14H11Cl2N3. The fourth-order valence-electron chi connectivity index (χ4n) is 1.77. The van der Waals surface area contributed by atoms with Crippen LogP contribution < -0.4 is 11.1 Å². The Morgan fingerprint density at radius 2 is 1.84 bits per heavy atom. The summed E-state index contributed by atoms with van der Waals surface area (Å²) >= 11 is 12.2. The third-order valence-corrected chi connectivity index (χ3v) is 3.30. The van der Waals surface area contributed by atoms with Crippen molar-refractivity contribution in [3.63, 3.8) is 0 Å². The van der Waals surface area contributed by atoms with E-state index in [1.165, 1.54) is 0 Å². The molecule has 5 heteroatoms. The summed E-state index contributed by atoms with van der Waals surface area (Å²) in [7, 11) is 0. The van der Waals surface area contributed by atoms with E-state index in [4.69, 9.17) is 28.9 Å². The predicted molar refractivity (Wildman–Crippen MR) is 80.1 cm³/mol. The molecule has 0 spiro atoms. The highest BCUT2D eigenvalue weighted by Crippen LogP contribution is 2.36. The van der Waals surface area contributed by atoms with Crippen molar-refractivity contribution >= 4 is 40.3 Å². The van der Waals surface area contributed by atoms with E-state index in [0.29, 0.717) is 32.7 Å². The van der Waals surface area contributed by atoms with Crippen LogP contribution in [0.15, 0.2) is 30.3 Å². The number of aryl methyl sites for hydroxylation is 1. The van der Waals surface area contributed by atoms with Crippen LogP contribution in [0.4, 0.5) is 17.1 Å². The van der Waals surface area contributed by atoms with Gasteiger partial charge in [-0.1, -0.05) is 35.3 Å². The predicted octanol–water partition coefficient (Wildman–Crippen LogP) is 4.50. The normalized spacial score (nSPS) is 10.0. The molecule has 0 aliphatic carbocycles. The third kappa shape index (κ3) is 2.76. The fourth-order valence-corrected chi connectivity index (χ4v) is 2.37. The van der Waals surface area contributed by atoms with Crippen molar-refractivity contribution in [3.05, 3.63) is 51.5 Å². The summed E-state index contributed by atoms with van der Waals surface area (Å²) in [5.41, 5.74) is 8.79. The highest BCUT2D eigenvalue weighted by atomic mass is 35.5. The van der Waals surface area contributed by atoms with Crippen LogP contribution in [0.5, 0.6) is 0 Å². The lowest BCUT2D eigenvalue weighted by atomic mass is 10.1. The molecule has 0 atom stereocenters. The Morgan fingerprint density at radius 1 is 1.21 bits per heavy atom. The Bertz CT molecular complexity index is 652. The van der Waals surface area contributed by atoms with Gasteiger partial charge < -0.3 is 11.1 Å². The molecule has 0 fully saturated rings. The van der Waals surface area contributed by atoms with E-state index in [9.17, 15) is 5.26 Å². The van der Waals surface area contributed by atoms with Gasteiger partial charge in [0.1, 0.15) is 6.07 Å². The molecule has 3 N–H and O–H groups in total. The molecule has 19 heavy (non-hydrogen) atoms. The van der Waals surface area contributed by atoms with Gasteiger partial charge in [0, 0.05) is 5.69 Å². The summed E-state index contributed by atoms with van der Waals surface area (Å²) in [5.74, 6) is 0. The van der Waals surface area contributed by atoms with Crippen molar-refractivity contribution in [1.82, 2.24) is 0 Å². The van der Waals surface area contributed by atoms with Crippen molar-refractivity contribution < 1.29 is 0 Å². The number of halogens is 2. The van der Waals surface area contributed by atoms with Crippen LogP contribution in [0.2, 0.25) is 10.0 Å². The number of anilines is 3. The molecule has 0 aliphatic heterocycles. The molecule has 2 aromatic rings. The van der Waals surface area contributed by atoms with Crippen molar-refractivity contribution in [1.29, 1.82) is 5.26 Å².